The van der Waals surface area contributed by atoms with Gasteiger partial charge in [-0.3, -0.25) is 9.89 Å². The molecular formula is C12H12ClN3O2. The van der Waals surface area contributed by atoms with Crippen molar-refractivity contribution in [2.75, 3.05) is 0 Å². The Labute approximate surface area is 109 Å². The van der Waals surface area contributed by atoms with Gasteiger partial charge in [0.1, 0.15) is 5.75 Å². The van der Waals surface area contributed by atoms with Gasteiger partial charge in [-0.2, -0.15) is 5.10 Å². The molecule has 6 heteroatoms. The molecular weight excluding hydrogens is 254 g/mol. The SMILES string of the molecule is Cc1[nH]ncc1CNC(=O)c1ccc(O)c(Cl)c1. The topological polar surface area (TPSA) is 78.0 Å². The second-order valence-corrected chi connectivity index (χ2v) is 4.28. The quantitative estimate of drug-likeness (QED) is 0.794. The van der Waals surface area contributed by atoms with Crippen molar-refractivity contribution in [2.24, 2.45) is 0 Å². The summed E-state index contributed by atoms with van der Waals surface area (Å²) >= 11 is 5.74. The Morgan fingerprint density at radius 2 is 2.33 bits per heavy atom. The van der Waals surface area contributed by atoms with Gasteiger partial charge in [-0.25, -0.2) is 0 Å². The number of aromatic nitrogens is 2. The molecule has 0 saturated carbocycles. The second-order valence-electron chi connectivity index (χ2n) is 3.87. The van der Waals surface area contributed by atoms with Crippen molar-refractivity contribution in [3.8, 4) is 5.75 Å². The molecule has 1 aromatic carbocycles. The van der Waals surface area contributed by atoms with E-state index < -0.39 is 0 Å². The van der Waals surface area contributed by atoms with E-state index in [4.69, 9.17) is 11.6 Å². The van der Waals surface area contributed by atoms with Crippen molar-refractivity contribution in [1.82, 2.24) is 15.5 Å². The molecule has 0 saturated heterocycles. The first-order valence-corrected chi connectivity index (χ1v) is 5.71. The van der Waals surface area contributed by atoms with Gasteiger partial charge in [0.15, 0.2) is 0 Å². The van der Waals surface area contributed by atoms with Crippen molar-refractivity contribution in [1.29, 1.82) is 0 Å². The van der Waals surface area contributed by atoms with E-state index in [1.54, 1.807) is 6.20 Å². The minimum atomic E-state index is -0.252. The van der Waals surface area contributed by atoms with Crippen LogP contribution in [0.5, 0.6) is 5.75 Å². The highest BCUT2D eigenvalue weighted by atomic mass is 35.5. The van der Waals surface area contributed by atoms with Crippen molar-refractivity contribution < 1.29 is 9.90 Å². The number of aromatic amines is 1. The molecule has 18 heavy (non-hydrogen) atoms. The molecule has 5 nitrogen and oxygen atoms in total. The number of halogens is 1. The van der Waals surface area contributed by atoms with Gasteiger partial charge >= 0.3 is 0 Å². The minimum Gasteiger partial charge on any atom is -0.506 e. The molecule has 0 bridgehead atoms. The summed E-state index contributed by atoms with van der Waals surface area (Å²) < 4.78 is 0. The van der Waals surface area contributed by atoms with E-state index in [0.29, 0.717) is 12.1 Å². The normalized spacial score (nSPS) is 10.3. The summed E-state index contributed by atoms with van der Waals surface area (Å²) in [5, 5.41) is 18.8. The maximum Gasteiger partial charge on any atom is 0.251 e. The van der Waals surface area contributed by atoms with Crippen molar-refractivity contribution in [3.05, 3.63) is 46.2 Å². The number of benzene rings is 1. The van der Waals surface area contributed by atoms with Crippen molar-refractivity contribution in [3.63, 3.8) is 0 Å². The molecule has 2 aromatic rings. The van der Waals surface area contributed by atoms with Crippen molar-refractivity contribution >= 4 is 17.5 Å². The maximum atomic E-state index is 11.8. The number of hydrogen-bond acceptors (Lipinski definition) is 3. The van der Waals surface area contributed by atoms with E-state index in [0.717, 1.165) is 11.3 Å². The Morgan fingerprint density at radius 1 is 1.56 bits per heavy atom. The number of hydrogen-bond donors (Lipinski definition) is 3. The van der Waals surface area contributed by atoms with Gasteiger partial charge in [-0.05, 0) is 25.1 Å². The van der Waals surface area contributed by atoms with Crippen LogP contribution in [0.1, 0.15) is 21.6 Å². The maximum absolute atomic E-state index is 11.8. The second kappa shape index (κ2) is 5.10. The summed E-state index contributed by atoms with van der Waals surface area (Å²) in [6.45, 7) is 2.27. The van der Waals surface area contributed by atoms with Crippen LogP contribution in [0.2, 0.25) is 5.02 Å². The summed E-state index contributed by atoms with van der Waals surface area (Å²) in [5.41, 5.74) is 2.24. The number of nitrogens with one attached hydrogen (secondary N) is 2. The molecule has 0 spiro atoms. The number of H-pyrrole nitrogens is 1. The standard InChI is InChI=1S/C12H12ClN3O2/c1-7-9(6-15-16-7)5-14-12(18)8-2-3-11(17)10(13)4-8/h2-4,6,17H,5H2,1H3,(H,14,18)(H,15,16). The number of carbonyl (C=O) groups is 1. The zero-order valence-corrected chi connectivity index (χ0v) is 10.5. The van der Waals surface area contributed by atoms with Gasteiger partial charge in [0, 0.05) is 23.4 Å². The third kappa shape index (κ3) is 2.62. The average molecular weight is 266 g/mol. The predicted octanol–water partition coefficient (Wildman–Crippen LogP) is 2.01. The molecule has 1 aromatic heterocycles. The Hall–Kier alpha value is -2.01. The number of phenolic OH excluding ortho intramolecular Hbond substituents is 1. The first kappa shape index (κ1) is 12.4. The third-order valence-corrected chi connectivity index (χ3v) is 2.89. The van der Waals surface area contributed by atoms with Gasteiger partial charge in [0.2, 0.25) is 0 Å². The largest absolute Gasteiger partial charge is 0.506 e. The average Bonchev–Trinajstić information content (AvgIpc) is 2.75. The fraction of sp³-hybridized carbons (Fsp3) is 0.167. The summed E-state index contributed by atoms with van der Waals surface area (Å²) in [6.07, 6.45) is 1.67. The zero-order valence-electron chi connectivity index (χ0n) is 9.70. The summed E-state index contributed by atoms with van der Waals surface area (Å²) in [5.74, 6) is -0.295. The lowest BCUT2D eigenvalue weighted by Crippen LogP contribution is -2.22. The lowest BCUT2D eigenvalue weighted by atomic mass is 10.2. The van der Waals surface area contributed by atoms with Gasteiger partial charge in [0.05, 0.1) is 11.2 Å². The van der Waals surface area contributed by atoms with Crippen LogP contribution in [0.4, 0.5) is 0 Å². The lowest BCUT2D eigenvalue weighted by molar-refractivity contribution is 0.0951. The van der Waals surface area contributed by atoms with E-state index in [1.165, 1.54) is 18.2 Å². The number of aryl methyl sites for hydroxylation is 1. The molecule has 1 amide bonds. The van der Waals surface area contributed by atoms with Crippen LogP contribution in [-0.2, 0) is 6.54 Å². The summed E-state index contributed by atoms with van der Waals surface area (Å²) in [4.78, 5) is 11.8. The number of rotatable bonds is 3. The van der Waals surface area contributed by atoms with Crippen LogP contribution in [0.3, 0.4) is 0 Å². The summed E-state index contributed by atoms with van der Waals surface area (Å²) in [7, 11) is 0. The molecule has 0 unspecified atom stereocenters. The number of aromatic hydroxyl groups is 1. The number of amides is 1. The molecule has 0 aliphatic heterocycles. The predicted molar refractivity (Wildman–Crippen MR) is 67.6 cm³/mol. The van der Waals surface area contributed by atoms with Crippen LogP contribution >= 0.6 is 11.6 Å². The van der Waals surface area contributed by atoms with Crippen molar-refractivity contribution in [2.45, 2.75) is 13.5 Å². The monoisotopic (exact) mass is 265 g/mol. The molecule has 0 radical (unpaired) electrons. The fourth-order valence-corrected chi connectivity index (χ4v) is 1.66. The smallest absolute Gasteiger partial charge is 0.251 e. The van der Waals surface area contributed by atoms with Gasteiger partial charge in [-0.15, -0.1) is 0 Å². The van der Waals surface area contributed by atoms with Crippen LogP contribution < -0.4 is 5.32 Å². The van der Waals surface area contributed by atoms with E-state index in [-0.39, 0.29) is 16.7 Å². The Kier molecular flexibility index (Phi) is 3.53. The highest BCUT2D eigenvalue weighted by molar-refractivity contribution is 6.32. The van der Waals surface area contributed by atoms with E-state index in [2.05, 4.69) is 15.5 Å². The molecule has 2 rings (SSSR count). The third-order valence-electron chi connectivity index (χ3n) is 2.58. The summed E-state index contributed by atoms with van der Waals surface area (Å²) in [6, 6.07) is 4.33. The Bertz CT molecular complexity index is 580. The van der Waals surface area contributed by atoms with Gasteiger partial charge in [0.25, 0.3) is 5.91 Å². The number of phenols is 1. The van der Waals surface area contributed by atoms with E-state index in [9.17, 15) is 9.90 Å². The highest BCUT2D eigenvalue weighted by Gasteiger charge is 2.09. The van der Waals surface area contributed by atoms with Crippen LogP contribution in [-0.4, -0.2) is 21.2 Å². The minimum absolute atomic E-state index is 0.0427. The molecule has 94 valence electrons. The molecule has 0 atom stereocenters. The zero-order chi connectivity index (χ0) is 13.1. The van der Waals surface area contributed by atoms with Crippen LogP contribution in [0.25, 0.3) is 0 Å². The number of nitrogens with zero attached hydrogens (tertiary/aromatic N) is 1. The molecule has 0 fully saturated rings. The van der Waals surface area contributed by atoms with Crippen LogP contribution in [0, 0.1) is 6.92 Å². The van der Waals surface area contributed by atoms with Gasteiger partial charge < -0.3 is 10.4 Å². The molecule has 0 aliphatic carbocycles. The molecule has 3 N–H and O–H groups in total. The van der Waals surface area contributed by atoms with E-state index in [1.807, 2.05) is 6.92 Å². The Balaban J connectivity index is 2.04. The van der Waals surface area contributed by atoms with E-state index >= 15 is 0 Å². The van der Waals surface area contributed by atoms with Gasteiger partial charge in [-0.1, -0.05) is 11.6 Å². The number of carbonyl (C=O) groups excluding carboxylic acids is 1. The van der Waals surface area contributed by atoms with Crippen LogP contribution in [0.15, 0.2) is 24.4 Å². The lowest BCUT2D eigenvalue weighted by Gasteiger charge is -2.05. The molecule has 0 aliphatic rings. The Morgan fingerprint density at radius 3 is 2.94 bits per heavy atom. The molecule has 1 heterocycles. The first-order valence-electron chi connectivity index (χ1n) is 5.33. The fourth-order valence-electron chi connectivity index (χ4n) is 1.48. The first-order chi connectivity index (χ1) is 8.58. The highest BCUT2D eigenvalue weighted by Crippen LogP contribution is 2.23.